The summed E-state index contributed by atoms with van der Waals surface area (Å²) in [6, 6.07) is 5.22. The molecule has 1 aromatic carbocycles. The summed E-state index contributed by atoms with van der Waals surface area (Å²) in [5.74, 6) is -0.671. The van der Waals surface area contributed by atoms with Crippen molar-refractivity contribution < 1.29 is 22.4 Å². The number of rotatable bonds is 7. The van der Waals surface area contributed by atoms with Crippen LogP contribution >= 0.6 is 0 Å². The van der Waals surface area contributed by atoms with Gasteiger partial charge in [-0.2, -0.15) is 0 Å². The third kappa shape index (κ3) is 5.73. The Bertz CT molecular complexity index is 432. The van der Waals surface area contributed by atoms with Gasteiger partial charge in [0.15, 0.2) is 0 Å². The Morgan fingerprint density at radius 2 is 1.88 bits per heavy atom. The van der Waals surface area contributed by atoms with Crippen molar-refractivity contribution in [1.82, 2.24) is 4.89 Å². The largest absolute Gasteiger partial charge is 0.382 e. The van der Waals surface area contributed by atoms with E-state index in [9.17, 15) is 12.8 Å². The molecule has 0 aliphatic heterocycles. The molecule has 0 heterocycles. The molecule has 0 fully saturated rings. The fourth-order valence-corrected chi connectivity index (χ4v) is 2.04. The minimum Gasteiger partial charge on any atom is -0.382 e. The van der Waals surface area contributed by atoms with E-state index in [4.69, 9.17) is 4.84 Å². The lowest BCUT2D eigenvalue weighted by molar-refractivity contribution is 0.0438. The van der Waals surface area contributed by atoms with Gasteiger partial charge >= 0.3 is 0 Å². The van der Waals surface area contributed by atoms with E-state index in [1.807, 2.05) is 4.89 Å². The van der Waals surface area contributed by atoms with E-state index < -0.39 is 15.8 Å². The summed E-state index contributed by atoms with van der Waals surface area (Å²) in [5, 5.41) is 0. The Morgan fingerprint density at radius 3 is 2.47 bits per heavy atom. The van der Waals surface area contributed by atoms with Crippen molar-refractivity contribution >= 4 is 10.0 Å². The van der Waals surface area contributed by atoms with Gasteiger partial charge in [0.1, 0.15) is 5.82 Å². The maximum atomic E-state index is 12.6. The number of halogens is 1. The van der Waals surface area contributed by atoms with Crippen LogP contribution in [0.4, 0.5) is 4.39 Å². The molecule has 0 bridgehead atoms. The minimum absolute atomic E-state index is 0.124. The quantitative estimate of drug-likeness (QED) is 0.584. The van der Waals surface area contributed by atoms with Crippen LogP contribution in [0.25, 0.3) is 0 Å². The number of hydrogen-bond acceptors (Lipinski definition) is 4. The maximum absolute atomic E-state index is 12.6. The molecule has 0 unspecified atom stereocenters. The molecule has 0 aliphatic rings. The second kappa shape index (κ2) is 6.65. The Kier molecular flexibility index (Phi) is 5.49. The van der Waals surface area contributed by atoms with E-state index in [-0.39, 0.29) is 12.4 Å². The molecular formula is C10H14FNO4S. The van der Waals surface area contributed by atoms with E-state index in [0.717, 1.165) is 0 Å². The molecule has 1 N–H and O–H groups in total. The summed E-state index contributed by atoms with van der Waals surface area (Å²) in [4.78, 5) is 6.65. The predicted octanol–water partition coefficient (Wildman–Crippen LogP) is 0.823. The van der Waals surface area contributed by atoms with Gasteiger partial charge in [-0.1, -0.05) is 17.0 Å². The maximum Gasteiger partial charge on any atom is 0.237 e. The number of nitrogens with one attached hydrogen (secondary N) is 1. The minimum atomic E-state index is -3.58. The standard InChI is InChI=1S/C10H14FNO4S/c1-15-6-7-16-12-17(13,14)8-9-2-4-10(11)5-3-9/h2-5,12H,6-8H2,1H3. The molecule has 1 aromatic rings. The van der Waals surface area contributed by atoms with Gasteiger partial charge in [0.05, 0.1) is 19.0 Å². The van der Waals surface area contributed by atoms with Crippen molar-refractivity contribution in [3.05, 3.63) is 35.6 Å². The Hall–Kier alpha value is -1.02. The molecule has 96 valence electrons. The summed E-state index contributed by atoms with van der Waals surface area (Å²) >= 11 is 0. The molecule has 0 amide bonds. The summed E-state index contributed by atoms with van der Waals surface area (Å²) in [5.41, 5.74) is 0.481. The normalized spacial score (nSPS) is 11.6. The molecule has 7 heteroatoms. The van der Waals surface area contributed by atoms with Crippen molar-refractivity contribution in [2.24, 2.45) is 0 Å². The Morgan fingerprint density at radius 1 is 1.24 bits per heavy atom. The monoisotopic (exact) mass is 263 g/mol. The zero-order valence-electron chi connectivity index (χ0n) is 9.35. The van der Waals surface area contributed by atoms with Crippen molar-refractivity contribution in [3.63, 3.8) is 0 Å². The highest BCUT2D eigenvalue weighted by Crippen LogP contribution is 2.06. The van der Waals surface area contributed by atoms with Crippen molar-refractivity contribution in [2.45, 2.75) is 5.75 Å². The molecule has 0 aliphatic carbocycles. The first-order chi connectivity index (χ1) is 8.03. The topological polar surface area (TPSA) is 64.6 Å². The van der Waals surface area contributed by atoms with E-state index in [1.165, 1.54) is 31.4 Å². The number of sulfonamides is 1. The lowest BCUT2D eigenvalue weighted by Crippen LogP contribution is -2.26. The first kappa shape index (κ1) is 14.0. The van der Waals surface area contributed by atoms with Crippen LogP contribution in [0.2, 0.25) is 0 Å². The molecule has 17 heavy (non-hydrogen) atoms. The third-order valence-electron chi connectivity index (χ3n) is 1.85. The molecule has 5 nitrogen and oxygen atoms in total. The average Bonchev–Trinajstić information content (AvgIpc) is 2.27. The van der Waals surface area contributed by atoms with Crippen LogP contribution in [0, 0.1) is 5.82 Å². The first-order valence-corrected chi connectivity index (χ1v) is 6.53. The SMILES string of the molecule is COCCONS(=O)(=O)Cc1ccc(F)cc1. The number of ether oxygens (including phenoxy) is 1. The van der Waals surface area contributed by atoms with Crippen LogP contribution < -0.4 is 4.89 Å². The zero-order chi connectivity index (χ0) is 12.7. The average molecular weight is 263 g/mol. The summed E-state index contributed by atoms with van der Waals surface area (Å²) < 4.78 is 40.2. The molecule has 0 spiro atoms. The van der Waals surface area contributed by atoms with Gasteiger partial charge in [-0.05, 0) is 17.7 Å². The van der Waals surface area contributed by atoms with Gasteiger partial charge in [-0.3, -0.25) is 4.84 Å². The van der Waals surface area contributed by atoms with Gasteiger partial charge < -0.3 is 4.74 Å². The van der Waals surface area contributed by atoms with Crippen LogP contribution in [0.5, 0.6) is 0 Å². The van der Waals surface area contributed by atoms with Crippen LogP contribution in [-0.2, 0) is 25.4 Å². The molecular weight excluding hydrogens is 249 g/mol. The third-order valence-corrected chi connectivity index (χ3v) is 2.93. The first-order valence-electron chi connectivity index (χ1n) is 4.88. The fraction of sp³-hybridized carbons (Fsp3) is 0.400. The summed E-state index contributed by atoms with van der Waals surface area (Å²) in [6.45, 7) is 0.415. The van der Waals surface area contributed by atoms with E-state index >= 15 is 0 Å². The molecule has 0 atom stereocenters. The molecule has 1 rings (SSSR count). The molecule has 0 aromatic heterocycles. The van der Waals surface area contributed by atoms with Gasteiger partial charge in [-0.15, -0.1) is 0 Å². The predicted molar refractivity (Wildman–Crippen MR) is 60.0 cm³/mol. The van der Waals surface area contributed by atoms with E-state index in [0.29, 0.717) is 12.2 Å². The second-order valence-corrected chi connectivity index (χ2v) is 4.99. The van der Waals surface area contributed by atoms with Gasteiger partial charge in [0, 0.05) is 7.11 Å². The lowest BCUT2D eigenvalue weighted by atomic mass is 10.2. The highest BCUT2D eigenvalue weighted by atomic mass is 32.2. The zero-order valence-corrected chi connectivity index (χ0v) is 10.2. The summed E-state index contributed by atoms with van der Waals surface area (Å²) in [7, 11) is -2.10. The highest BCUT2D eigenvalue weighted by molar-refractivity contribution is 7.88. The van der Waals surface area contributed by atoms with Crippen molar-refractivity contribution in [2.75, 3.05) is 20.3 Å². The second-order valence-electron chi connectivity index (χ2n) is 3.31. The number of benzene rings is 1. The summed E-state index contributed by atoms with van der Waals surface area (Å²) in [6.07, 6.45) is 0. The van der Waals surface area contributed by atoms with Crippen LogP contribution in [-0.4, -0.2) is 28.7 Å². The van der Waals surface area contributed by atoms with Crippen LogP contribution in [0.15, 0.2) is 24.3 Å². The Balaban J connectivity index is 2.46. The van der Waals surface area contributed by atoms with Crippen molar-refractivity contribution in [1.29, 1.82) is 0 Å². The van der Waals surface area contributed by atoms with E-state index in [1.54, 1.807) is 0 Å². The van der Waals surface area contributed by atoms with Gasteiger partial charge in [0.2, 0.25) is 10.0 Å². The number of methoxy groups -OCH3 is 1. The molecule has 0 saturated heterocycles. The molecule has 0 radical (unpaired) electrons. The van der Waals surface area contributed by atoms with Crippen LogP contribution in [0.3, 0.4) is 0 Å². The Labute approximate surface area is 99.5 Å². The fourth-order valence-electron chi connectivity index (χ4n) is 1.09. The van der Waals surface area contributed by atoms with Gasteiger partial charge in [-0.25, -0.2) is 12.8 Å². The lowest BCUT2D eigenvalue weighted by Gasteiger charge is -2.06. The molecule has 0 saturated carbocycles. The van der Waals surface area contributed by atoms with E-state index in [2.05, 4.69) is 4.74 Å². The smallest absolute Gasteiger partial charge is 0.237 e. The number of hydrogen-bond donors (Lipinski definition) is 1. The van der Waals surface area contributed by atoms with Gasteiger partial charge in [0.25, 0.3) is 0 Å². The highest BCUT2D eigenvalue weighted by Gasteiger charge is 2.11. The van der Waals surface area contributed by atoms with Crippen molar-refractivity contribution in [3.8, 4) is 0 Å². The van der Waals surface area contributed by atoms with Crippen LogP contribution in [0.1, 0.15) is 5.56 Å².